The number of hydrogen-bond donors (Lipinski definition) is 0. The number of rotatable bonds is 8. The second-order valence-electron chi connectivity index (χ2n) is 9.61. The third kappa shape index (κ3) is 6.04. The van der Waals surface area contributed by atoms with Crippen LogP contribution in [0.4, 0.5) is 13.2 Å². The Morgan fingerprint density at radius 1 is 0.973 bits per heavy atom. The number of aliphatic imine (C=N–C) groups is 1. The Balaban J connectivity index is 1.41. The lowest BCUT2D eigenvalue weighted by atomic mass is 9.90. The van der Waals surface area contributed by atoms with Gasteiger partial charge in [0.15, 0.2) is 5.78 Å². The first kappa shape index (κ1) is 25.1. The SMILES string of the molecule is Cc1c(-c2ccc(-c3ccc(OCC(=O)C4CC4)cc3OC(F)(F)F)cc2)cccc1C1CCCC=N1. The van der Waals surface area contributed by atoms with Crippen LogP contribution in [-0.2, 0) is 4.79 Å². The standard InChI is InChI=1S/C30H28F3NO3/c1-19-24(5-4-6-25(19)27-7-2-3-16-34-27)20-8-10-21(11-9-20)26-15-14-23(17-29(26)37-30(31,32)33)36-18-28(35)22-12-13-22/h4-6,8-11,14-17,22,27H,2-3,7,12-13,18H2,1H3. The summed E-state index contributed by atoms with van der Waals surface area (Å²) < 4.78 is 49.4. The molecule has 1 saturated carbocycles. The molecule has 1 aliphatic heterocycles. The highest BCUT2D eigenvalue weighted by molar-refractivity contribution is 5.84. The van der Waals surface area contributed by atoms with Gasteiger partial charge in [0.25, 0.3) is 0 Å². The fourth-order valence-corrected chi connectivity index (χ4v) is 4.79. The molecule has 0 aromatic heterocycles. The monoisotopic (exact) mass is 507 g/mol. The summed E-state index contributed by atoms with van der Waals surface area (Å²) in [6, 6.07) is 18.0. The smallest absolute Gasteiger partial charge is 0.486 e. The quantitative estimate of drug-likeness (QED) is 0.312. The van der Waals surface area contributed by atoms with Crippen molar-refractivity contribution in [3.63, 3.8) is 0 Å². The van der Waals surface area contributed by atoms with Crippen molar-refractivity contribution in [3.8, 4) is 33.8 Å². The highest BCUT2D eigenvalue weighted by Gasteiger charge is 2.33. The van der Waals surface area contributed by atoms with Gasteiger partial charge in [-0.05, 0) is 85.2 Å². The van der Waals surface area contributed by atoms with Crippen LogP contribution in [0.15, 0.2) is 65.7 Å². The number of benzene rings is 3. The molecule has 0 amide bonds. The van der Waals surface area contributed by atoms with Crippen molar-refractivity contribution < 1.29 is 27.4 Å². The molecular formula is C30H28F3NO3. The summed E-state index contributed by atoms with van der Waals surface area (Å²) in [5.74, 6) is -0.229. The third-order valence-corrected chi connectivity index (χ3v) is 6.93. The molecule has 2 aliphatic rings. The average Bonchev–Trinajstić information content (AvgIpc) is 3.73. The van der Waals surface area contributed by atoms with Gasteiger partial charge in [-0.3, -0.25) is 9.79 Å². The number of hydrogen-bond acceptors (Lipinski definition) is 4. The number of ether oxygens (including phenoxy) is 2. The molecule has 3 aromatic rings. The van der Waals surface area contributed by atoms with E-state index in [0.29, 0.717) is 5.56 Å². The maximum Gasteiger partial charge on any atom is 0.573 e. The van der Waals surface area contributed by atoms with E-state index in [1.165, 1.54) is 17.7 Å². The van der Waals surface area contributed by atoms with E-state index in [2.05, 4.69) is 22.7 Å². The molecule has 5 rings (SSSR count). The van der Waals surface area contributed by atoms with Crippen molar-refractivity contribution >= 4 is 12.0 Å². The summed E-state index contributed by atoms with van der Waals surface area (Å²) in [6.07, 6.45) is 1.98. The van der Waals surface area contributed by atoms with Gasteiger partial charge in [-0.15, -0.1) is 13.2 Å². The molecule has 1 aliphatic carbocycles. The van der Waals surface area contributed by atoms with E-state index >= 15 is 0 Å². The first-order valence-electron chi connectivity index (χ1n) is 12.6. The van der Waals surface area contributed by atoms with Crippen molar-refractivity contribution in [2.75, 3.05) is 6.61 Å². The predicted molar refractivity (Wildman–Crippen MR) is 137 cm³/mol. The molecule has 192 valence electrons. The first-order valence-corrected chi connectivity index (χ1v) is 12.6. The molecule has 0 saturated heterocycles. The Morgan fingerprint density at radius 3 is 2.35 bits per heavy atom. The van der Waals surface area contributed by atoms with E-state index in [4.69, 9.17) is 4.74 Å². The van der Waals surface area contributed by atoms with Gasteiger partial charge in [-0.2, -0.15) is 0 Å². The number of ketones is 1. The van der Waals surface area contributed by atoms with E-state index in [9.17, 15) is 18.0 Å². The van der Waals surface area contributed by atoms with Gasteiger partial charge < -0.3 is 9.47 Å². The minimum absolute atomic E-state index is 0.0170. The van der Waals surface area contributed by atoms with Gasteiger partial charge >= 0.3 is 6.36 Å². The second-order valence-corrected chi connectivity index (χ2v) is 9.61. The largest absolute Gasteiger partial charge is 0.573 e. The van der Waals surface area contributed by atoms with Crippen LogP contribution in [0, 0.1) is 12.8 Å². The zero-order chi connectivity index (χ0) is 26.0. The molecule has 37 heavy (non-hydrogen) atoms. The van der Waals surface area contributed by atoms with Gasteiger partial charge in [0.05, 0.1) is 6.04 Å². The molecule has 0 N–H and O–H groups in total. The highest BCUT2D eigenvalue weighted by Crippen LogP contribution is 2.39. The van der Waals surface area contributed by atoms with Crippen LogP contribution in [0.1, 0.15) is 49.3 Å². The topological polar surface area (TPSA) is 47.9 Å². The van der Waals surface area contributed by atoms with E-state index in [1.807, 2.05) is 30.5 Å². The lowest BCUT2D eigenvalue weighted by Crippen LogP contribution is -2.18. The molecule has 0 bridgehead atoms. The Hall–Kier alpha value is -3.61. The van der Waals surface area contributed by atoms with Crippen molar-refractivity contribution in [2.45, 2.75) is 51.4 Å². The van der Waals surface area contributed by atoms with E-state index < -0.39 is 6.36 Å². The summed E-state index contributed by atoms with van der Waals surface area (Å²) in [6.45, 7) is 1.93. The minimum atomic E-state index is -4.86. The zero-order valence-electron chi connectivity index (χ0n) is 20.6. The predicted octanol–water partition coefficient (Wildman–Crippen LogP) is 7.88. The van der Waals surface area contributed by atoms with Gasteiger partial charge in [0, 0.05) is 17.5 Å². The van der Waals surface area contributed by atoms with Crippen LogP contribution >= 0.6 is 0 Å². The van der Waals surface area contributed by atoms with Gasteiger partial charge in [-0.25, -0.2) is 0 Å². The molecule has 1 heterocycles. The van der Waals surface area contributed by atoms with E-state index in [0.717, 1.165) is 48.8 Å². The van der Waals surface area contributed by atoms with Crippen LogP contribution in [0.25, 0.3) is 22.3 Å². The molecular weight excluding hydrogens is 479 g/mol. The van der Waals surface area contributed by atoms with Crippen LogP contribution in [0.5, 0.6) is 11.5 Å². The molecule has 0 radical (unpaired) electrons. The third-order valence-electron chi connectivity index (χ3n) is 6.93. The fourth-order valence-electron chi connectivity index (χ4n) is 4.79. The zero-order valence-corrected chi connectivity index (χ0v) is 20.6. The fraction of sp³-hybridized carbons (Fsp3) is 0.333. The molecule has 7 heteroatoms. The molecule has 4 nitrogen and oxygen atoms in total. The maximum atomic E-state index is 13.2. The Labute approximate surface area is 214 Å². The van der Waals surface area contributed by atoms with Crippen LogP contribution in [0.3, 0.4) is 0 Å². The molecule has 3 aromatic carbocycles. The maximum absolute atomic E-state index is 13.2. The summed E-state index contributed by atoms with van der Waals surface area (Å²) in [5, 5.41) is 0. The molecule has 0 spiro atoms. The van der Waals surface area contributed by atoms with Gasteiger partial charge in [0.2, 0.25) is 0 Å². The van der Waals surface area contributed by atoms with E-state index in [-0.39, 0.29) is 41.4 Å². The Kier molecular flexibility index (Phi) is 7.04. The Morgan fingerprint density at radius 2 is 1.70 bits per heavy atom. The number of halogens is 3. The van der Waals surface area contributed by atoms with Crippen molar-refractivity contribution in [1.82, 2.24) is 0 Å². The van der Waals surface area contributed by atoms with Gasteiger partial charge in [-0.1, -0.05) is 42.5 Å². The summed E-state index contributed by atoms with van der Waals surface area (Å²) in [4.78, 5) is 16.6. The second kappa shape index (κ2) is 10.4. The highest BCUT2D eigenvalue weighted by atomic mass is 19.4. The van der Waals surface area contributed by atoms with Crippen molar-refractivity contribution in [3.05, 3.63) is 71.8 Å². The number of nitrogens with zero attached hydrogens (tertiary/aromatic N) is 1. The summed E-state index contributed by atoms with van der Waals surface area (Å²) >= 11 is 0. The Bertz CT molecular complexity index is 1310. The summed E-state index contributed by atoms with van der Waals surface area (Å²) in [7, 11) is 0. The van der Waals surface area contributed by atoms with Crippen LogP contribution in [-0.4, -0.2) is 25.0 Å². The lowest BCUT2D eigenvalue weighted by molar-refractivity contribution is -0.274. The normalized spacial score (nSPS) is 17.5. The van der Waals surface area contributed by atoms with Crippen molar-refractivity contribution in [2.24, 2.45) is 10.9 Å². The van der Waals surface area contributed by atoms with E-state index in [1.54, 1.807) is 18.2 Å². The number of carbonyl (C=O) groups is 1. The van der Waals surface area contributed by atoms with Gasteiger partial charge in [0.1, 0.15) is 18.1 Å². The van der Waals surface area contributed by atoms with Crippen LogP contribution < -0.4 is 9.47 Å². The molecule has 1 fully saturated rings. The lowest BCUT2D eigenvalue weighted by Gasteiger charge is -2.20. The molecule has 1 atom stereocenters. The number of carbonyl (C=O) groups excluding carboxylic acids is 1. The van der Waals surface area contributed by atoms with Crippen LogP contribution in [0.2, 0.25) is 0 Å². The minimum Gasteiger partial charge on any atom is -0.486 e. The number of alkyl halides is 3. The number of Topliss-reactive ketones (excluding diaryl/α,β-unsaturated/α-hetero) is 1. The van der Waals surface area contributed by atoms with Crippen molar-refractivity contribution in [1.29, 1.82) is 0 Å². The average molecular weight is 508 g/mol. The molecule has 1 unspecified atom stereocenters. The summed E-state index contributed by atoms with van der Waals surface area (Å²) in [5.41, 5.74) is 5.26. The first-order chi connectivity index (χ1) is 17.8.